The number of halogens is 1. The number of nitrogens with zero attached hydrogens (tertiary/aromatic N) is 3. The topological polar surface area (TPSA) is 108 Å². The lowest BCUT2D eigenvalue weighted by atomic mass is 10.0. The monoisotopic (exact) mass is 559 g/mol. The summed E-state index contributed by atoms with van der Waals surface area (Å²) < 4.78 is 4.81. The molecule has 0 radical (unpaired) electrons. The first kappa shape index (κ1) is 29.6. The Morgan fingerprint density at radius 2 is 1.52 bits per heavy atom. The average molecular weight is 560 g/mol. The molecule has 40 heavy (non-hydrogen) atoms. The van der Waals surface area contributed by atoms with Crippen LogP contribution < -0.4 is 0 Å². The molecule has 10 heteroatoms. The van der Waals surface area contributed by atoms with Gasteiger partial charge in [-0.05, 0) is 37.1 Å². The van der Waals surface area contributed by atoms with Gasteiger partial charge in [0.1, 0.15) is 32.2 Å². The van der Waals surface area contributed by atoms with Gasteiger partial charge in [-0.3, -0.25) is 4.79 Å². The maximum absolute atomic E-state index is 12.3. The first-order valence-electron chi connectivity index (χ1n) is 11.9. The summed E-state index contributed by atoms with van der Waals surface area (Å²) in [6, 6.07) is 20.7. The summed E-state index contributed by atoms with van der Waals surface area (Å²) in [4.78, 5) is 39.9. The minimum absolute atomic E-state index is 0.00370. The number of rotatable bonds is 10. The summed E-state index contributed by atoms with van der Waals surface area (Å²) in [6.07, 6.45) is 0. The van der Waals surface area contributed by atoms with Crippen LogP contribution in [0.1, 0.15) is 39.5 Å². The molecule has 204 valence electrons. The molecule has 0 saturated heterocycles. The van der Waals surface area contributed by atoms with Crippen LogP contribution in [0, 0.1) is 11.8 Å². The number of esters is 1. The van der Waals surface area contributed by atoms with Crippen LogP contribution in [0.2, 0.25) is 5.02 Å². The number of ether oxygens (including phenoxy) is 1. The fraction of sp³-hybridized carbons (Fsp3) is 0.167. The van der Waals surface area contributed by atoms with Gasteiger partial charge in [0.05, 0.1) is 7.11 Å². The Morgan fingerprint density at radius 1 is 0.825 bits per heavy atom. The molecule has 0 N–H and O–H groups in total. The summed E-state index contributed by atoms with van der Waals surface area (Å²) in [5, 5.41) is 12.5. The number of carbonyl (C=O) groups is 2. The van der Waals surface area contributed by atoms with E-state index in [4.69, 9.17) is 30.9 Å². The van der Waals surface area contributed by atoms with Crippen molar-refractivity contribution in [1.82, 2.24) is 0 Å². The molecule has 0 saturated carbocycles. The number of oxime groups is 3. The molecule has 0 aromatic heterocycles. The molecule has 0 aliphatic heterocycles. The van der Waals surface area contributed by atoms with E-state index >= 15 is 0 Å². The van der Waals surface area contributed by atoms with Gasteiger partial charge in [-0.1, -0.05) is 81.5 Å². The summed E-state index contributed by atoms with van der Waals surface area (Å²) in [5.74, 6) is 4.50. The fourth-order valence-corrected chi connectivity index (χ4v) is 3.65. The molecule has 0 atom stereocenters. The van der Waals surface area contributed by atoms with E-state index < -0.39 is 5.97 Å². The molecular formula is C30H26ClN3O6. The lowest BCUT2D eigenvalue weighted by molar-refractivity contribution is -0.132. The quantitative estimate of drug-likeness (QED) is 0.113. The van der Waals surface area contributed by atoms with Crippen molar-refractivity contribution in [2.75, 3.05) is 21.3 Å². The normalized spacial score (nSPS) is 11.7. The van der Waals surface area contributed by atoms with E-state index in [0.29, 0.717) is 44.3 Å². The highest BCUT2D eigenvalue weighted by Gasteiger charge is 2.19. The van der Waals surface area contributed by atoms with E-state index in [0.717, 1.165) is 0 Å². The van der Waals surface area contributed by atoms with E-state index in [-0.39, 0.29) is 18.1 Å². The molecule has 3 aromatic carbocycles. The lowest BCUT2D eigenvalue weighted by Crippen LogP contribution is -2.19. The van der Waals surface area contributed by atoms with E-state index in [2.05, 4.69) is 27.3 Å². The predicted molar refractivity (Wildman–Crippen MR) is 153 cm³/mol. The second-order valence-electron chi connectivity index (χ2n) is 8.01. The maximum Gasteiger partial charge on any atom is 0.360 e. The van der Waals surface area contributed by atoms with Crippen LogP contribution in [0.15, 0.2) is 88.3 Å². The molecule has 0 fully saturated rings. The zero-order valence-corrected chi connectivity index (χ0v) is 23.1. The number of benzene rings is 3. The number of ketones is 1. The summed E-state index contributed by atoms with van der Waals surface area (Å²) in [5.41, 5.74) is 3.75. The Balaban J connectivity index is 1.75. The second kappa shape index (κ2) is 14.9. The largest absolute Gasteiger partial charge is 0.464 e. The highest BCUT2D eigenvalue weighted by atomic mass is 35.5. The van der Waals surface area contributed by atoms with Crippen LogP contribution in [0.5, 0.6) is 0 Å². The fourth-order valence-electron chi connectivity index (χ4n) is 3.46. The van der Waals surface area contributed by atoms with Crippen LogP contribution >= 0.6 is 11.6 Å². The number of carbonyl (C=O) groups excluding carboxylic acids is 2. The van der Waals surface area contributed by atoms with Gasteiger partial charge >= 0.3 is 5.97 Å². The van der Waals surface area contributed by atoms with Crippen molar-refractivity contribution in [3.05, 3.63) is 106 Å². The van der Waals surface area contributed by atoms with Crippen molar-refractivity contribution < 1.29 is 28.8 Å². The van der Waals surface area contributed by atoms with Crippen molar-refractivity contribution in [3.63, 3.8) is 0 Å². The smallest absolute Gasteiger partial charge is 0.360 e. The molecule has 3 aromatic rings. The zero-order chi connectivity index (χ0) is 28.9. The molecule has 0 aliphatic carbocycles. The minimum Gasteiger partial charge on any atom is -0.464 e. The molecule has 0 bridgehead atoms. The minimum atomic E-state index is -0.648. The summed E-state index contributed by atoms with van der Waals surface area (Å²) in [7, 11) is 4.03. The predicted octanol–water partition coefficient (Wildman–Crippen LogP) is 5.04. The van der Waals surface area contributed by atoms with Crippen molar-refractivity contribution in [2.24, 2.45) is 15.5 Å². The molecular weight excluding hydrogens is 534 g/mol. The van der Waals surface area contributed by atoms with E-state index in [1.807, 2.05) is 0 Å². The molecule has 0 aliphatic rings. The van der Waals surface area contributed by atoms with Gasteiger partial charge in [-0.15, -0.1) is 0 Å². The third-order valence-corrected chi connectivity index (χ3v) is 5.58. The Labute approximate surface area is 237 Å². The van der Waals surface area contributed by atoms with E-state index in [9.17, 15) is 9.59 Å². The van der Waals surface area contributed by atoms with Gasteiger partial charge in [-0.25, -0.2) is 4.79 Å². The van der Waals surface area contributed by atoms with Gasteiger partial charge in [0.25, 0.3) is 0 Å². The highest BCUT2D eigenvalue weighted by molar-refractivity contribution is 6.47. The SMILES string of the molecule is CO/N=C(/C(C)=N/OCc1ccccc1/C(=N\OC)C(=O)OC)c1ccc(C#CC(=O)c2cccc(Cl)c2)cc1. The molecule has 0 heterocycles. The zero-order valence-electron chi connectivity index (χ0n) is 22.3. The van der Waals surface area contributed by atoms with Gasteiger partial charge in [0.15, 0.2) is 5.71 Å². The van der Waals surface area contributed by atoms with Crippen molar-refractivity contribution in [1.29, 1.82) is 0 Å². The van der Waals surface area contributed by atoms with Crippen LogP contribution in [0.25, 0.3) is 0 Å². The Morgan fingerprint density at radius 3 is 2.20 bits per heavy atom. The second-order valence-corrected chi connectivity index (χ2v) is 8.45. The van der Waals surface area contributed by atoms with Gasteiger partial charge in [0.2, 0.25) is 5.78 Å². The number of hydrogen-bond donors (Lipinski definition) is 0. The Hall–Kier alpha value is -4.94. The van der Waals surface area contributed by atoms with E-state index in [1.165, 1.54) is 21.3 Å². The van der Waals surface area contributed by atoms with Gasteiger partial charge in [0, 0.05) is 32.8 Å². The van der Waals surface area contributed by atoms with Crippen LogP contribution in [0.4, 0.5) is 0 Å². The average Bonchev–Trinajstić information content (AvgIpc) is 2.97. The molecule has 0 spiro atoms. The van der Waals surface area contributed by atoms with Crippen LogP contribution in [-0.4, -0.2) is 50.2 Å². The Bertz CT molecular complexity index is 1520. The standard InChI is InChI=1S/C30H26ClN3O6/c1-20(32-40-19-24-8-5-6-11-26(24)29(34-39-4)30(36)37-2)28(33-38-3)22-15-12-21(13-16-22)14-17-27(35)23-9-7-10-25(31)18-23/h5-13,15-16,18H,19H2,1-4H3/b32-20+,33-28-,34-29+. The Kier molecular flexibility index (Phi) is 11.0. The first-order chi connectivity index (χ1) is 19.4. The first-order valence-corrected chi connectivity index (χ1v) is 12.2. The number of methoxy groups -OCH3 is 1. The van der Waals surface area contributed by atoms with Gasteiger partial charge < -0.3 is 19.2 Å². The molecule has 0 amide bonds. The third kappa shape index (κ3) is 8.03. The van der Waals surface area contributed by atoms with Crippen molar-refractivity contribution in [3.8, 4) is 11.8 Å². The van der Waals surface area contributed by atoms with Gasteiger partial charge in [-0.2, -0.15) is 0 Å². The number of Topliss-reactive ketones (excluding diaryl/α,β-unsaturated/α-hetero) is 1. The lowest BCUT2D eigenvalue weighted by Gasteiger charge is -2.10. The van der Waals surface area contributed by atoms with Crippen LogP contribution in [-0.2, 0) is 30.7 Å². The highest BCUT2D eigenvalue weighted by Crippen LogP contribution is 2.15. The molecule has 0 unspecified atom stereocenters. The molecule has 3 rings (SSSR count). The van der Waals surface area contributed by atoms with Crippen molar-refractivity contribution in [2.45, 2.75) is 13.5 Å². The van der Waals surface area contributed by atoms with Crippen LogP contribution in [0.3, 0.4) is 0 Å². The summed E-state index contributed by atoms with van der Waals surface area (Å²) in [6.45, 7) is 1.75. The third-order valence-electron chi connectivity index (χ3n) is 5.35. The number of hydrogen-bond acceptors (Lipinski definition) is 9. The summed E-state index contributed by atoms with van der Waals surface area (Å²) >= 11 is 5.95. The van der Waals surface area contributed by atoms with E-state index in [1.54, 1.807) is 79.7 Å². The molecule has 9 nitrogen and oxygen atoms in total. The van der Waals surface area contributed by atoms with Crippen molar-refractivity contribution >= 4 is 40.5 Å². The maximum atomic E-state index is 12.3.